The molecule has 6 nitrogen and oxygen atoms in total. The van der Waals surface area contributed by atoms with Crippen molar-refractivity contribution in [2.75, 3.05) is 20.3 Å². The van der Waals surface area contributed by atoms with Crippen molar-refractivity contribution in [3.8, 4) is 11.5 Å². The first-order valence-electron chi connectivity index (χ1n) is 7.75. The van der Waals surface area contributed by atoms with E-state index in [4.69, 9.17) is 14.6 Å². The van der Waals surface area contributed by atoms with Gasteiger partial charge in [-0.25, -0.2) is 0 Å². The van der Waals surface area contributed by atoms with Gasteiger partial charge in [0.1, 0.15) is 0 Å². The maximum atomic E-state index is 12.0. The van der Waals surface area contributed by atoms with Crippen LogP contribution in [-0.2, 0) is 4.79 Å². The van der Waals surface area contributed by atoms with Crippen LogP contribution in [0.4, 0.5) is 0 Å². The van der Waals surface area contributed by atoms with Gasteiger partial charge in [0, 0.05) is 18.5 Å². The second-order valence-corrected chi connectivity index (χ2v) is 5.65. The van der Waals surface area contributed by atoms with Crippen molar-refractivity contribution in [2.45, 2.75) is 33.1 Å². The molecule has 0 aliphatic rings. The van der Waals surface area contributed by atoms with Crippen LogP contribution in [-0.4, -0.2) is 37.2 Å². The molecule has 23 heavy (non-hydrogen) atoms. The van der Waals surface area contributed by atoms with Gasteiger partial charge in [-0.2, -0.15) is 0 Å². The molecule has 1 aromatic rings. The maximum Gasteiger partial charge on any atom is 0.303 e. The van der Waals surface area contributed by atoms with Crippen LogP contribution in [0.2, 0.25) is 0 Å². The van der Waals surface area contributed by atoms with Crippen LogP contribution >= 0.6 is 0 Å². The predicted octanol–water partition coefficient (Wildman–Crippen LogP) is 2.71. The van der Waals surface area contributed by atoms with Gasteiger partial charge in [-0.15, -0.1) is 0 Å². The Bertz CT molecular complexity index is 528. The summed E-state index contributed by atoms with van der Waals surface area (Å²) < 4.78 is 10.9. The van der Waals surface area contributed by atoms with Gasteiger partial charge in [-0.1, -0.05) is 13.8 Å². The number of hydrogen-bond donors (Lipinski definition) is 2. The minimum absolute atomic E-state index is 0.0340. The minimum atomic E-state index is -0.871. The number of carboxylic acid groups (broad SMARTS) is 1. The monoisotopic (exact) mass is 323 g/mol. The fraction of sp³-hybridized carbons (Fsp3) is 0.529. The normalized spacial score (nSPS) is 10.4. The highest BCUT2D eigenvalue weighted by Gasteiger charge is 2.11. The molecule has 0 heterocycles. The smallest absolute Gasteiger partial charge is 0.303 e. The number of rotatable bonds is 10. The van der Waals surface area contributed by atoms with Crippen LogP contribution < -0.4 is 14.8 Å². The summed E-state index contributed by atoms with van der Waals surface area (Å²) >= 11 is 0. The number of ether oxygens (including phenoxy) is 2. The van der Waals surface area contributed by atoms with E-state index in [9.17, 15) is 9.59 Å². The van der Waals surface area contributed by atoms with Crippen LogP contribution in [0.15, 0.2) is 18.2 Å². The summed E-state index contributed by atoms with van der Waals surface area (Å²) in [6.45, 7) is 5.16. The molecule has 0 saturated heterocycles. The van der Waals surface area contributed by atoms with Crippen molar-refractivity contribution in [3.63, 3.8) is 0 Å². The number of methoxy groups -OCH3 is 1. The molecule has 2 N–H and O–H groups in total. The van der Waals surface area contributed by atoms with Gasteiger partial charge in [0.2, 0.25) is 0 Å². The van der Waals surface area contributed by atoms with E-state index in [2.05, 4.69) is 19.2 Å². The van der Waals surface area contributed by atoms with Crippen molar-refractivity contribution in [2.24, 2.45) is 5.92 Å². The molecule has 0 atom stereocenters. The molecule has 0 aliphatic heterocycles. The van der Waals surface area contributed by atoms with Crippen LogP contribution in [0.3, 0.4) is 0 Å². The van der Waals surface area contributed by atoms with Gasteiger partial charge in [0.15, 0.2) is 11.5 Å². The molecule has 0 fully saturated rings. The lowest BCUT2D eigenvalue weighted by Gasteiger charge is -2.13. The summed E-state index contributed by atoms with van der Waals surface area (Å²) in [5, 5.41) is 11.2. The Hall–Kier alpha value is -2.24. The fourth-order valence-corrected chi connectivity index (χ4v) is 1.88. The average Bonchev–Trinajstić information content (AvgIpc) is 2.51. The van der Waals surface area contributed by atoms with E-state index in [0.717, 1.165) is 6.42 Å². The van der Waals surface area contributed by atoms with E-state index < -0.39 is 5.97 Å². The first-order valence-corrected chi connectivity index (χ1v) is 7.75. The molecule has 0 aromatic heterocycles. The van der Waals surface area contributed by atoms with Crippen molar-refractivity contribution >= 4 is 11.9 Å². The number of benzene rings is 1. The third kappa shape index (κ3) is 7.04. The molecule has 128 valence electrons. The Balaban J connectivity index is 2.59. The van der Waals surface area contributed by atoms with E-state index in [1.165, 1.54) is 7.11 Å². The van der Waals surface area contributed by atoms with E-state index in [1.807, 2.05) is 0 Å². The fourth-order valence-electron chi connectivity index (χ4n) is 1.88. The van der Waals surface area contributed by atoms with Gasteiger partial charge in [-0.3, -0.25) is 9.59 Å². The second kappa shape index (κ2) is 9.71. The van der Waals surface area contributed by atoms with Gasteiger partial charge in [0.25, 0.3) is 5.91 Å². The van der Waals surface area contributed by atoms with Gasteiger partial charge < -0.3 is 19.9 Å². The van der Waals surface area contributed by atoms with E-state index >= 15 is 0 Å². The zero-order valence-electron chi connectivity index (χ0n) is 13.9. The number of carbonyl (C=O) groups is 2. The number of carboxylic acids is 1. The molecule has 1 aromatic carbocycles. The lowest BCUT2D eigenvalue weighted by Crippen LogP contribution is -2.24. The van der Waals surface area contributed by atoms with Crippen LogP contribution in [0.5, 0.6) is 11.5 Å². The Morgan fingerprint density at radius 3 is 2.61 bits per heavy atom. The largest absolute Gasteiger partial charge is 0.493 e. The first kappa shape index (κ1) is 18.8. The molecule has 0 radical (unpaired) electrons. The lowest BCUT2D eigenvalue weighted by molar-refractivity contribution is -0.137. The van der Waals surface area contributed by atoms with Crippen molar-refractivity contribution in [1.29, 1.82) is 0 Å². The third-order valence-corrected chi connectivity index (χ3v) is 3.23. The number of nitrogens with one attached hydrogen (secondary N) is 1. The first-order chi connectivity index (χ1) is 10.9. The van der Waals surface area contributed by atoms with Crippen LogP contribution in [0.25, 0.3) is 0 Å². The van der Waals surface area contributed by atoms with Crippen molar-refractivity contribution < 1.29 is 24.2 Å². The van der Waals surface area contributed by atoms with E-state index in [-0.39, 0.29) is 12.3 Å². The summed E-state index contributed by atoms with van der Waals surface area (Å²) in [6, 6.07) is 5.00. The molecule has 0 bridgehead atoms. The van der Waals surface area contributed by atoms with Gasteiger partial charge in [-0.05, 0) is 37.0 Å². The molecule has 0 unspecified atom stereocenters. The molecule has 0 saturated carbocycles. The minimum Gasteiger partial charge on any atom is -0.493 e. The highest BCUT2D eigenvalue weighted by molar-refractivity contribution is 5.94. The third-order valence-electron chi connectivity index (χ3n) is 3.23. The summed E-state index contributed by atoms with van der Waals surface area (Å²) in [4.78, 5) is 22.4. The summed E-state index contributed by atoms with van der Waals surface area (Å²) in [5.74, 6) is 0.533. The van der Waals surface area contributed by atoms with Crippen molar-refractivity contribution in [1.82, 2.24) is 5.32 Å². The zero-order valence-corrected chi connectivity index (χ0v) is 13.9. The Kier molecular flexibility index (Phi) is 7.94. The van der Waals surface area contributed by atoms with Crippen LogP contribution in [0, 0.1) is 5.92 Å². The highest BCUT2D eigenvalue weighted by Crippen LogP contribution is 2.28. The number of carbonyl (C=O) groups excluding carboxylic acids is 1. The van der Waals surface area contributed by atoms with Crippen LogP contribution in [0.1, 0.15) is 43.5 Å². The summed E-state index contributed by atoms with van der Waals surface area (Å²) in [7, 11) is 1.53. The van der Waals surface area contributed by atoms with Crippen molar-refractivity contribution in [3.05, 3.63) is 23.8 Å². The summed E-state index contributed by atoms with van der Waals surface area (Å²) in [5.41, 5.74) is 0.452. The standard InChI is InChI=1S/C17H25NO5/c1-12(2)8-10-23-14-7-6-13(11-15(14)22-3)17(21)18-9-4-5-16(19)20/h6-7,11-12H,4-5,8-10H2,1-3H3,(H,18,21)(H,19,20). The second-order valence-electron chi connectivity index (χ2n) is 5.65. The highest BCUT2D eigenvalue weighted by atomic mass is 16.5. The maximum absolute atomic E-state index is 12.0. The number of hydrogen-bond acceptors (Lipinski definition) is 4. The van der Waals surface area contributed by atoms with E-state index in [0.29, 0.717) is 42.6 Å². The molecule has 1 rings (SSSR count). The number of amides is 1. The average molecular weight is 323 g/mol. The quantitative estimate of drug-likeness (QED) is 0.647. The predicted molar refractivity (Wildman–Crippen MR) is 87.1 cm³/mol. The molecule has 1 amide bonds. The SMILES string of the molecule is COc1cc(C(=O)NCCCC(=O)O)ccc1OCCC(C)C. The lowest BCUT2D eigenvalue weighted by atomic mass is 10.1. The van der Waals surface area contributed by atoms with Gasteiger partial charge in [0.05, 0.1) is 13.7 Å². The number of aliphatic carboxylic acids is 1. The zero-order chi connectivity index (χ0) is 17.2. The molecule has 0 spiro atoms. The molecular formula is C17H25NO5. The molecule has 6 heteroatoms. The molecular weight excluding hydrogens is 298 g/mol. The van der Waals surface area contributed by atoms with Gasteiger partial charge >= 0.3 is 5.97 Å². The van der Waals surface area contributed by atoms with E-state index in [1.54, 1.807) is 18.2 Å². The summed E-state index contributed by atoms with van der Waals surface area (Å²) in [6.07, 6.45) is 1.37. The Labute approximate surface area is 136 Å². The Morgan fingerprint density at radius 1 is 1.26 bits per heavy atom. The topological polar surface area (TPSA) is 84.9 Å². The molecule has 0 aliphatic carbocycles. The Morgan fingerprint density at radius 2 is 2.00 bits per heavy atom.